The van der Waals surface area contributed by atoms with Crippen molar-refractivity contribution in [2.24, 2.45) is 0 Å². The van der Waals surface area contributed by atoms with Crippen LogP contribution in [0.5, 0.6) is 5.75 Å². The monoisotopic (exact) mass is 269 g/mol. The van der Waals surface area contributed by atoms with E-state index in [0.29, 0.717) is 12.3 Å². The predicted molar refractivity (Wildman–Crippen MR) is 74.3 cm³/mol. The standard InChI is InChI=1S/C14H20ClNO2/c1-11(4-3-9-15)16-14(17)10-12-5-7-13(18-2)8-6-12/h5-8,11H,3-4,9-10H2,1-2H3,(H,16,17). The van der Waals surface area contributed by atoms with Crippen LogP contribution in [0, 0.1) is 0 Å². The van der Waals surface area contributed by atoms with E-state index in [2.05, 4.69) is 5.32 Å². The first-order valence-corrected chi connectivity index (χ1v) is 6.67. The summed E-state index contributed by atoms with van der Waals surface area (Å²) in [5, 5.41) is 2.96. The quantitative estimate of drug-likeness (QED) is 0.773. The molecule has 3 nitrogen and oxygen atoms in total. The van der Waals surface area contributed by atoms with Crippen LogP contribution in [0.15, 0.2) is 24.3 Å². The largest absolute Gasteiger partial charge is 0.497 e. The molecule has 100 valence electrons. The summed E-state index contributed by atoms with van der Waals surface area (Å²) in [6.45, 7) is 2.00. The Bertz CT molecular complexity index is 365. The Morgan fingerprint density at radius 1 is 1.39 bits per heavy atom. The predicted octanol–water partition coefficient (Wildman–Crippen LogP) is 2.76. The Morgan fingerprint density at radius 3 is 2.61 bits per heavy atom. The van der Waals surface area contributed by atoms with Crippen molar-refractivity contribution in [3.8, 4) is 5.75 Å². The van der Waals surface area contributed by atoms with E-state index in [1.54, 1.807) is 7.11 Å². The first-order valence-electron chi connectivity index (χ1n) is 6.14. The van der Waals surface area contributed by atoms with Crippen LogP contribution in [0.3, 0.4) is 0 Å². The van der Waals surface area contributed by atoms with E-state index in [-0.39, 0.29) is 11.9 Å². The molecule has 0 aliphatic rings. The normalized spacial score (nSPS) is 11.9. The highest BCUT2D eigenvalue weighted by atomic mass is 35.5. The van der Waals surface area contributed by atoms with Crippen LogP contribution in [0.25, 0.3) is 0 Å². The van der Waals surface area contributed by atoms with Crippen LogP contribution >= 0.6 is 11.6 Å². The molecule has 1 rings (SSSR count). The Hall–Kier alpha value is -1.22. The number of nitrogens with one attached hydrogen (secondary N) is 1. The molecule has 1 aromatic carbocycles. The highest BCUT2D eigenvalue weighted by Crippen LogP contribution is 2.11. The van der Waals surface area contributed by atoms with Gasteiger partial charge in [0.25, 0.3) is 0 Å². The number of hydrogen-bond donors (Lipinski definition) is 1. The maximum Gasteiger partial charge on any atom is 0.224 e. The van der Waals surface area contributed by atoms with Crippen LogP contribution in [-0.4, -0.2) is 24.9 Å². The van der Waals surface area contributed by atoms with Crippen molar-refractivity contribution in [1.82, 2.24) is 5.32 Å². The van der Waals surface area contributed by atoms with Gasteiger partial charge < -0.3 is 10.1 Å². The lowest BCUT2D eigenvalue weighted by Crippen LogP contribution is -2.33. The average molecular weight is 270 g/mol. The third-order valence-electron chi connectivity index (χ3n) is 2.70. The number of ether oxygens (including phenoxy) is 1. The highest BCUT2D eigenvalue weighted by Gasteiger charge is 2.07. The van der Waals surface area contributed by atoms with Crippen LogP contribution in [-0.2, 0) is 11.2 Å². The van der Waals surface area contributed by atoms with Gasteiger partial charge in [0.2, 0.25) is 5.91 Å². The molecule has 1 amide bonds. The Morgan fingerprint density at radius 2 is 2.06 bits per heavy atom. The van der Waals surface area contributed by atoms with Crippen molar-refractivity contribution in [1.29, 1.82) is 0 Å². The van der Waals surface area contributed by atoms with Crippen molar-refractivity contribution in [3.63, 3.8) is 0 Å². The molecule has 0 saturated heterocycles. The summed E-state index contributed by atoms with van der Waals surface area (Å²) in [7, 11) is 1.63. The van der Waals surface area contributed by atoms with Gasteiger partial charge in [0.05, 0.1) is 13.5 Å². The first-order chi connectivity index (χ1) is 8.65. The molecule has 0 saturated carbocycles. The molecule has 0 aliphatic carbocycles. The summed E-state index contributed by atoms with van der Waals surface area (Å²) in [6.07, 6.45) is 2.23. The van der Waals surface area contributed by atoms with E-state index < -0.39 is 0 Å². The average Bonchev–Trinajstić information content (AvgIpc) is 2.37. The zero-order valence-electron chi connectivity index (χ0n) is 10.9. The van der Waals surface area contributed by atoms with Crippen molar-refractivity contribution in [2.45, 2.75) is 32.2 Å². The van der Waals surface area contributed by atoms with Gasteiger partial charge in [0, 0.05) is 11.9 Å². The minimum atomic E-state index is 0.0437. The highest BCUT2D eigenvalue weighted by molar-refractivity contribution is 6.17. The fourth-order valence-corrected chi connectivity index (χ4v) is 1.86. The number of rotatable bonds is 7. The Balaban J connectivity index is 2.39. The number of carbonyl (C=O) groups is 1. The molecule has 1 N–H and O–H groups in total. The molecule has 4 heteroatoms. The third kappa shape index (κ3) is 5.41. The molecule has 0 radical (unpaired) electrons. The number of methoxy groups -OCH3 is 1. The molecule has 18 heavy (non-hydrogen) atoms. The third-order valence-corrected chi connectivity index (χ3v) is 2.97. The van der Waals surface area contributed by atoms with E-state index in [1.807, 2.05) is 31.2 Å². The van der Waals surface area contributed by atoms with E-state index in [4.69, 9.17) is 16.3 Å². The van der Waals surface area contributed by atoms with Crippen molar-refractivity contribution >= 4 is 17.5 Å². The van der Waals surface area contributed by atoms with Gasteiger partial charge in [0.15, 0.2) is 0 Å². The van der Waals surface area contributed by atoms with Gasteiger partial charge in [0.1, 0.15) is 5.75 Å². The molecule has 0 heterocycles. The molecule has 1 aromatic rings. The van der Waals surface area contributed by atoms with Gasteiger partial charge in [-0.05, 0) is 37.5 Å². The van der Waals surface area contributed by atoms with Gasteiger partial charge in [-0.15, -0.1) is 11.6 Å². The zero-order chi connectivity index (χ0) is 13.4. The topological polar surface area (TPSA) is 38.3 Å². The van der Waals surface area contributed by atoms with E-state index in [1.165, 1.54) is 0 Å². The van der Waals surface area contributed by atoms with Gasteiger partial charge in [-0.2, -0.15) is 0 Å². The summed E-state index contributed by atoms with van der Waals surface area (Å²) in [5.74, 6) is 1.48. The number of carbonyl (C=O) groups excluding carboxylic acids is 1. The summed E-state index contributed by atoms with van der Waals surface area (Å²) >= 11 is 5.62. The second kappa shape index (κ2) is 7.98. The lowest BCUT2D eigenvalue weighted by atomic mass is 10.1. The van der Waals surface area contributed by atoms with Crippen molar-refractivity contribution in [3.05, 3.63) is 29.8 Å². The number of amides is 1. The second-order valence-corrected chi connectivity index (χ2v) is 4.70. The zero-order valence-corrected chi connectivity index (χ0v) is 11.7. The number of hydrogen-bond acceptors (Lipinski definition) is 2. The minimum Gasteiger partial charge on any atom is -0.497 e. The summed E-state index contributed by atoms with van der Waals surface area (Å²) < 4.78 is 5.07. The smallest absolute Gasteiger partial charge is 0.224 e. The lowest BCUT2D eigenvalue weighted by Gasteiger charge is -2.13. The number of alkyl halides is 1. The van der Waals surface area contributed by atoms with Crippen LogP contribution in [0.1, 0.15) is 25.3 Å². The second-order valence-electron chi connectivity index (χ2n) is 4.32. The Labute approximate surface area is 113 Å². The van der Waals surface area contributed by atoms with Gasteiger partial charge in [-0.25, -0.2) is 0 Å². The van der Waals surface area contributed by atoms with E-state index in [0.717, 1.165) is 24.2 Å². The maximum absolute atomic E-state index is 11.8. The molecule has 0 bridgehead atoms. The minimum absolute atomic E-state index is 0.0437. The van der Waals surface area contributed by atoms with Crippen LogP contribution in [0.2, 0.25) is 0 Å². The van der Waals surface area contributed by atoms with Crippen molar-refractivity contribution < 1.29 is 9.53 Å². The SMILES string of the molecule is COc1ccc(CC(=O)NC(C)CCCCl)cc1. The Kier molecular flexibility index (Phi) is 6.58. The number of halogens is 1. The maximum atomic E-state index is 11.8. The first kappa shape index (κ1) is 14.8. The van der Waals surface area contributed by atoms with Crippen molar-refractivity contribution in [2.75, 3.05) is 13.0 Å². The fraction of sp³-hybridized carbons (Fsp3) is 0.500. The van der Waals surface area contributed by atoms with E-state index in [9.17, 15) is 4.79 Å². The lowest BCUT2D eigenvalue weighted by molar-refractivity contribution is -0.121. The molecule has 1 unspecified atom stereocenters. The molecule has 0 aromatic heterocycles. The summed E-state index contributed by atoms with van der Waals surface area (Å²) in [5.41, 5.74) is 0.984. The van der Waals surface area contributed by atoms with Gasteiger partial charge >= 0.3 is 0 Å². The van der Waals surface area contributed by atoms with Gasteiger partial charge in [-0.1, -0.05) is 12.1 Å². The molecular weight excluding hydrogens is 250 g/mol. The summed E-state index contributed by atoms with van der Waals surface area (Å²) in [4.78, 5) is 11.8. The molecular formula is C14H20ClNO2. The molecule has 0 fully saturated rings. The fourth-order valence-electron chi connectivity index (χ4n) is 1.71. The van der Waals surface area contributed by atoms with Gasteiger partial charge in [-0.3, -0.25) is 4.79 Å². The summed E-state index contributed by atoms with van der Waals surface area (Å²) in [6, 6.07) is 7.71. The van der Waals surface area contributed by atoms with E-state index >= 15 is 0 Å². The molecule has 0 spiro atoms. The molecule has 1 atom stereocenters. The number of benzene rings is 1. The van der Waals surface area contributed by atoms with Crippen LogP contribution < -0.4 is 10.1 Å². The van der Waals surface area contributed by atoms with Crippen LogP contribution in [0.4, 0.5) is 0 Å². The molecule has 0 aliphatic heterocycles.